The van der Waals surface area contributed by atoms with E-state index in [2.05, 4.69) is 23.0 Å². The molecule has 0 saturated heterocycles. The van der Waals surface area contributed by atoms with Gasteiger partial charge in [0.05, 0.1) is 16.8 Å². The number of nitrogens with one attached hydrogen (secondary N) is 1. The van der Waals surface area contributed by atoms with Crippen LogP contribution in [0.4, 0.5) is 0 Å². The number of Topliss-reactive ketones (excluding diaryl/α,β-unsaturated/α-hetero) is 1. The molecule has 21 heavy (non-hydrogen) atoms. The van der Waals surface area contributed by atoms with Crippen LogP contribution in [0.3, 0.4) is 0 Å². The zero-order valence-electron chi connectivity index (χ0n) is 11.8. The minimum atomic E-state index is 0.211. The summed E-state index contributed by atoms with van der Waals surface area (Å²) in [6, 6.07) is 15.9. The summed E-state index contributed by atoms with van der Waals surface area (Å²) in [7, 11) is 0. The number of H-pyrrole nitrogens is 1. The Kier molecular flexibility index (Phi) is 4.06. The normalized spacial score (nSPS) is 10.9. The molecule has 1 N–H and O–H groups in total. The van der Waals surface area contributed by atoms with Gasteiger partial charge in [0.25, 0.3) is 0 Å². The lowest BCUT2D eigenvalue weighted by Gasteiger charge is -1.99. The van der Waals surface area contributed by atoms with Crippen LogP contribution in [-0.4, -0.2) is 21.5 Å². The first-order chi connectivity index (χ1) is 10.2. The maximum atomic E-state index is 12.0. The van der Waals surface area contributed by atoms with Crippen molar-refractivity contribution in [3.63, 3.8) is 0 Å². The first kappa shape index (κ1) is 13.9. The third-order valence-corrected chi connectivity index (χ3v) is 4.16. The summed E-state index contributed by atoms with van der Waals surface area (Å²) in [5, 5.41) is 0.803. The van der Waals surface area contributed by atoms with Crippen molar-refractivity contribution in [1.82, 2.24) is 9.97 Å². The number of aryl methyl sites for hydroxylation is 1. The fraction of sp³-hybridized carbons (Fsp3) is 0.176. The summed E-state index contributed by atoms with van der Waals surface area (Å²) in [5.41, 5.74) is 4.22. The minimum Gasteiger partial charge on any atom is -0.333 e. The maximum Gasteiger partial charge on any atom is 0.166 e. The van der Waals surface area contributed by atoms with Crippen LogP contribution in [0.5, 0.6) is 0 Å². The lowest BCUT2D eigenvalue weighted by atomic mass is 10.1. The molecule has 0 bridgehead atoms. The fourth-order valence-corrected chi connectivity index (χ4v) is 2.94. The maximum absolute atomic E-state index is 12.0. The quantitative estimate of drug-likeness (QED) is 0.729. The van der Waals surface area contributed by atoms with E-state index in [-0.39, 0.29) is 5.78 Å². The van der Waals surface area contributed by atoms with Gasteiger partial charge >= 0.3 is 0 Å². The molecule has 0 radical (unpaired) electrons. The number of rotatable bonds is 5. The van der Waals surface area contributed by atoms with E-state index in [1.54, 1.807) is 0 Å². The molecule has 0 aliphatic carbocycles. The topological polar surface area (TPSA) is 45.8 Å². The van der Waals surface area contributed by atoms with Gasteiger partial charge < -0.3 is 4.98 Å². The molecule has 3 rings (SSSR count). The number of nitrogens with zero attached hydrogens (tertiary/aromatic N) is 1. The Hall–Kier alpha value is -2.07. The predicted molar refractivity (Wildman–Crippen MR) is 86.7 cm³/mol. The number of hydrogen-bond acceptors (Lipinski definition) is 3. The Morgan fingerprint density at radius 2 is 2.00 bits per heavy atom. The van der Waals surface area contributed by atoms with Crippen molar-refractivity contribution in [1.29, 1.82) is 0 Å². The molecule has 106 valence electrons. The molecule has 0 aliphatic rings. The molecule has 1 heterocycles. The Bertz CT molecular complexity index is 765. The van der Waals surface area contributed by atoms with Crippen LogP contribution < -0.4 is 0 Å². The fourth-order valence-electron chi connectivity index (χ4n) is 2.19. The minimum absolute atomic E-state index is 0.211. The molecule has 2 aromatic carbocycles. The average molecular weight is 296 g/mol. The van der Waals surface area contributed by atoms with Crippen molar-refractivity contribution < 1.29 is 4.79 Å². The molecule has 0 saturated carbocycles. The van der Waals surface area contributed by atoms with Crippen molar-refractivity contribution in [3.05, 3.63) is 59.7 Å². The molecular formula is C17H16N2OS. The predicted octanol–water partition coefficient (Wildman–Crippen LogP) is 3.78. The summed E-state index contributed by atoms with van der Waals surface area (Å²) in [5.74, 6) is 0.649. The molecule has 3 nitrogen and oxygen atoms in total. The summed E-state index contributed by atoms with van der Waals surface area (Å²) in [6.07, 6.45) is 0.479. The molecule has 0 atom stereocenters. The number of thioether (sulfide) groups is 1. The number of carbonyl (C=O) groups is 1. The highest BCUT2D eigenvalue weighted by molar-refractivity contribution is 7.99. The van der Waals surface area contributed by atoms with Gasteiger partial charge in [-0.2, -0.15) is 0 Å². The first-order valence-corrected chi connectivity index (χ1v) is 7.84. The molecule has 3 aromatic rings. The van der Waals surface area contributed by atoms with E-state index in [0.29, 0.717) is 12.2 Å². The highest BCUT2D eigenvalue weighted by Gasteiger charge is 2.08. The first-order valence-electron chi connectivity index (χ1n) is 6.85. The van der Waals surface area contributed by atoms with Crippen LogP contribution in [0, 0.1) is 6.92 Å². The third kappa shape index (κ3) is 3.52. The highest BCUT2D eigenvalue weighted by Crippen LogP contribution is 2.20. The van der Waals surface area contributed by atoms with E-state index in [0.717, 1.165) is 21.8 Å². The van der Waals surface area contributed by atoms with Crippen molar-refractivity contribution >= 4 is 28.6 Å². The monoisotopic (exact) mass is 296 g/mol. The lowest BCUT2D eigenvalue weighted by Crippen LogP contribution is -2.05. The molecule has 4 heteroatoms. The van der Waals surface area contributed by atoms with Gasteiger partial charge in [-0.15, -0.1) is 0 Å². The number of hydrogen-bond donors (Lipinski definition) is 1. The SMILES string of the molecule is Cc1ccc2nc(SCC(=O)Cc3ccccc3)[nH]c2c1. The van der Waals surface area contributed by atoms with E-state index in [1.165, 1.54) is 17.3 Å². The Balaban J connectivity index is 1.62. The van der Waals surface area contributed by atoms with Gasteiger partial charge in [-0.3, -0.25) is 4.79 Å². The highest BCUT2D eigenvalue weighted by atomic mass is 32.2. The summed E-state index contributed by atoms with van der Waals surface area (Å²) < 4.78 is 0. The van der Waals surface area contributed by atoms with Crippen molar-refractivity contribution in [2.45, 2.75) is 18.5 Å². The van der Waals surface area contributed by atoms with Gasteiger partial charge in [0, 0.05) is 6.42 Å². The standard InChI is InChI=1S/C17H16N2OS/c1-12-7-8-15-16(9-12)19-17(18-15)21-11-14(20)10-13-5-3-2-4-6-13/h2-9H,10-11H2,1H3,(H,18,19). The Labute approximate surface area is 127 Å². The number of ketones is 1. The van der Waals surface area contributed by atoms with E-state index in [9.17, 15) is 4.79 Å². The Morgan fingerprint density at radius 1 is 1.19 bits per heavy atom. The van der Waals surface area contributed by atoms with Gasteiger partial charge in [-0.1, -0.05) is 48.2 Å². The number of fused-ring (bicyclic) bond motifs is 1. The van der Waals surface area contributed by atoms with Gasteiger partial charge in [0.1, 0.15) is 5.78 Å². The van der Waals surface area contributed by atoms with Crippen LogP contribution in [0.2, 0.25) is 0 Å². The van der Waals surface area contributed by atoms with Crippen LogP contribution in [0.25, 0.3) is 11.0 Å². The number of aromatic amines is 1. The smallest absolute Gasteiger partial charge is 0.166 e. The van der Waals surface area contributed by atoms with Crippen LogP contribution >= 0.6 is 11.8 Å². The van der Waals surface area contributed by atoms with Gasteiger partial charge in [0.15, 0.2) is 5.16 Å². The van der Waals surface area contributed by atoms with Crippen molar-refractivity contribution in [3.8, 4) is 0 Å². The second-order valence-electron chi connectivity index (χ2n) is 5.05. The zero-order valence-corrected chi connectivity index (χ0v) is 12.6. The Morgan fingerprint density at radius 3 is 2.81 bits per heavy atom. The van der Waals surface area contributed by atoms with Crippen molar-refractivity contribution in [2.24, 2.45) is 0 Å². The zero-order chi connectivity index (χ0) is 14.7. The summed E-state index contributed by atoms with van der Waals surface area (Å²) >= 11 is 1.46. The number of aromatic nitrogens is 2. The lowest BCUT2D eigenvalue weighted by molar-refractivity contribution is -0.116. The second kappa shape index (κ2) is 6.14. The summed E-state index contributed by atoms with van der Waals surface area (Å²) in [6.45, 7) is 2.05. The molecule has 0 spiro atoms. The average Bonchev–Trinajstić information content (AvgIpc) is 2.88. The molecule has 0 unspecified atom stereocenters. The molecular weight excluding hydrogens is 280 g/mol. The number of imidazole rings is 1. The van der Waals surface area contributed by atoms with E-state index in [4.69, 9.17) is 0 Å². The van der Waals surface area contributed by atoms with Gasteiger partial charge in [-0.25, -0.2) is 4.98 Å². The van der Waals surface area contributed by atoms with Crippen LogP contribution in [0.15, 0.2) is 53.7 Å². The molecule has 1 aromatic heterocycles. The third-order valence-electron chi connectivity index (χ3n) is 3.23. The molecule has 0 aliphatic heterocycles. The van der Waals surface area contributed by atoms with Gasteiger partial charge in [-0.05, 0) is 30.2 Å². The summed E-state index contributed by atoms with van der Waals surface area (Å²) in [4.78, 5) is 19.7. The van der Waals surface area contributed by atoms with E-state index < -0.39 is 0 Å². The van der Waals surface area contributed by atoms with Crippen LogP contribution in [-0.2, 0) is 11.2 Å². The molecule has 0 fully saturated rings. The van der Waals surface area contributed by atoms with Crippen molar-refractivity contribution in [2.75, 3.05) is 5.75 Å². The van der Waals surface area contributed by atoms with E-state index in [1.807, 2.05) is 42.5 Å². The molecule has 0 amide bonds. The van der Waals surface area contributed by atoms with E-state index >= 15 is 0 Å². The largest absolute Gasteiger partial charge is 0.333 e. The van der Waals surface area contributed by atoms with Gasteiger partial charge in [0.2, 0.25) is 0 Å². The number of carbonyl (C=O) groups excluding carboxylic acids is 1. The van der Waals surface area contributed by atoms with Crippen LogP contribution in [0.1, 0.15) is 11.1 Å². The second-order valence-corrected chi connectivity index (χ2v) is 6.02. The number of benzene rings is 2.